The lowest BCUT2D eigenvalue weighted by Crippen LogP contribution is -2.29. The molecule has 0 heterocycles. The molecule has 1 aliphatic carbocycles. The Hall–Kier alpha value is -1.02. The van der Waals surface area contributed by atoms with Crippen molar-refractivity contribution in [3.63, 3.8) is 0 Å². The molecule has 2 nitrogen and oxygen atoms in total. The number of hydrogen-bond donors (Lipinski definition) is 1. The van der Waals surface area contributed by atoms with Crippen LogP contribution in [-0.4, -0.2) is 20.1 Å². The molecule has 1 saturated carbocycles. The molecule has 0 unspecified atom stereocenters. The highest BCUT2D eigenvalue weighted by Gasteiger charge is 2.19. The highest BCUT2D eigenvalue weighted by molar-refractivity contribution is 5.54. The number of anilines is 1. The topological polar surface area (TPSA) is 15.3 Å². The Labute approximate surface area is 111 Å². The molecule has 1 aromatic carbocycles. The first kappa shape index (κ1) is 13.4. The summed E-state index contributed by atoms with van der Waals surface area (Å²) in [6, 6.07) is 6.85. The van der Waals surface area contributed by atoms with Crippen LogP contribution in [0.4, 0.5) is 5.69 Å². The van der Waals surface area contributed by atoms with Gasteiger partial charge in [0.05, 0.1) is 0 Å². The van der Waals surface area contributed by atoms with E-state index in [2.05, 4.69) is 49.3 Å². The monoisotopic (exact) mass is 246 g/mol. The van der Waals surface area contributed by atoms with Crippen LogP contribution in [0.15, 0.2) is 18.2 Å². The van der Waals surface area contributed by atoms with Crippen molar-refractivity contribution in [3.8, 4) is 0 Å². The third kappa shape index (κ3) is 3.26. The van der Waals surface area contributed by atoms with Crippen molar-refractivity contribution in [2.45, 2.75) is 39.7 Å². The molecule has 1 N–H and O–H groups in total. The quantitative estimate of drug-likeness (QED) is 0.828. The Bertz CT molecular complexity index is 383. The van der Waals surface area contributed by atoms with Gasteiger partial charge in [-0.3, -0.25) is 0 Å². The molecule has 18 heavy (non-hydrogen) atoms. The fourth-order valence-electron chi connectivity index (χ4n) is 2.69. The number of nitrogens with one attached hydrogen (secondary N) is 1. The van der Waals surface area contributed by atoms with Gasteiger partial charge in [0.1, 0.15) is 0 Å². The van der Waals surface area contributed by atoms with Gasteiger partial charge in [0.2, 0.25) is 0 Å². The van der Waals surface area contributed by atoms with Crippen molar-refractivity contribution in [2.24, 2.45) is 5.92 Å². The maximum Gasteiger partial charge on any atom is 0.0393 e. The number of nitrogens with zero attached hydrogens (tertiary/aromatic N) is 1. The second kappa shape index (κ2) is 6.24. The second-order valence-corrected chi connectivity index (χ2v) is 5.58. The van der Waals surface area contributed by atoms with Gasteiger partial charge >= 0.3 is 0 Å². The maximum absolute atomic E-state index is 3.38. The van der Waals surface area contributed by atoms with Gasteiger partial charge < -0.3 is 10.2 Å². The molecule has 100 valence electrons. The second-order valence-electron chi connectivity index (χ2n) is 5.58. The Balaban J connectivity index is 1.98. The molecular formula is C16H26N2. The molecule has 0 aliphatic heterocycles. The lowest BCUT2D eigenvalue weighted by Gasteiger charge is -2.32. The van der Waals surface area contributed by atoms with Crippen molar-refractivity contribution < 1.29 is 0 Å². The zero-order valence-corrected chi connectivity index (χ0v) is 12.0. The van der Waals surface area contributed by atoms with Crippen molar-refractivity contribution >= 4 is 5.69 Å². The predicted octanol–water partition coefficient (Wildman–Crippen LogP) is 3.34. The first-order chi connectivity index (χ1) is 8.70. The van der Waals surface area contributed by atoms with Crippen LogP contribution in [0.2, 0.25) is 0 Å². The van der Waals surface area contributed by atoms with Gasteiger partial charge in [0.15, 0.2) is 0 Å². The lowest BCUT2D eigenvalue weighted by molar-refractivity contribution is 0.321. The highest BCUT2D eigenvalue weighted by atomic mass is 15.1. The van der Waals surface area contributed by atoms with Crippen molar-refractivity contribution in [1.82, 2.24) is 5.32 Å². The highest BCUT2D eigenvalue weighted by Crippen LogP contribution is 2.29. The molecule has 2 rings (SSSR count). The van der Waals surface area contributed by atoms with Gasteiger partial charge in [0, 0.05) is 25.8 Å². The van der Waals surface area contributed by atoms with Gasteiger partial charge in [0.25, 0.3) is 0 Å². The molecule has 1 aliphatic rings. The van der Waals surface area contributed by atoms with Crippen LogP contribution in [0.25, 0.3) is 0 Å². The summed E-state index contributed by atoms with van der Waals surface area (Å²) in [7, 11) is 2.23. The smallest absolute Gasteiger partial charge is 0.0393 e. The molecule has 0 atom stereocenters. The first-order valence-corrected chi connectivity index (χ1v) is 7.22. The van der Waals surface area contributed by atoms with E-state index in [1.165, 1.54) is 42.6 Å². The minimum atomic E-state index is 0.927. The van der Waals surface area contributed by atoms with E-state index >= 15 is 0 Å². The van der Waals surface area contributed by atoms with Gasteiger partial charge in [-0.25, -0.2) is 0 Å². The van der Waals surface area contributed by atoms with Crippen molar-refractivity contribution in [1.29, 1.82) is 0 Å². The van der Waals surface area contributed by atoms with Crippen molar-refractivity contribution in [2.75, 3.05) is 25.0 Å². The molecule has 0 amide bonds. The standard InChI is InChI=1S/C16H26N2/c1-4-17-11-15-8-9-16(13(2)10-15)18(3)12-14-6-5-7-14/h8-10,14,17H,4-7,11-12H2,1-3H3. The first-order valence-electron chi connectivity index (χ1n) is 7.22. The summed E-state index contributed by atoms with van der Waals surface area (Å²) in [6.45, 7) is 7.59. The minimum absolute atomic E-state index is 0.927. The zero-order valence-electron chi connectivity index (χ0n) is 12.0. The number of hydrogen-bond acceptors (Lipinski definition) is 2. The van der Waals surface area contributed by atoms with E-state index in [4.69, 9.17) is 0 Å². The average molecular weight is 246 g/mol. The largest absolute Gasteiger partial charge is 0.374 e. The minimum Gasteiger partial charge on any atom is -0.374 e. The summed E-state index contributed by atoms with van der Waals surface area (Å²) in [5.41, 5.74) is 4.17. The van der Waals surface area contributed by atoms with Crippen LogP contribution < -0.4 is 10.2 Å². The molecule has 0 saturated heterocycles. The van der Waals surface area contributed by atoms with Gasteiger partial charge in [-0.15, -0.1) is 0 Å². The summed E-state index contributed by atoms with van der Waals surface area (Å²) in [6.07, 6.45) is 4.27. The molecule has 0 spiro atoms. The molecular weight excluding hydrogens is 220 g/mol. The number of benzene rings is 1. The Morgan fingerprint density at radius 3 is 2.67 bits per heavy atom. The van der Waals surface area contributed by atoms with Crippen LogP contribution in [-0.2, 0) is 6.54 Å². The van der Waals surface area contributed by atoms with Gasteiger partial charge in [-0.2, -0.15) is 0 Å². The molecule has 0 radical (unpaired) electrons. The normalized spacial score (nSPS) is 15.5. The average Bonchev–Trinajstić information content (AvgIpc) is 2.31. The molecule has 1 fully saturated rings. The Morgan fingerprint density at radius 2 is 2.11 bits per heavy atom. The van der Waals surface area contributed by atoms with E-state index in [0.29, 0.717) is 0 Å². The number of rotatable bonds is 6. The van der Waals surface area contributed by atoms with Gasteiger partial charge in [-0.05, 0) is 49.4 Å². The summed E-state index contributed by atoms with van der Waals surface area (Å²) in [5, 5.41) is 3.38. The maximum atomic E-state index is 3.38. The Kier molecular flexibility index (Phi) is 4.65. The molecule has 1 aromatic rings. The third-order valence-corrected chi connectivity index (χ3v) is 4.01. The van der Waals surface area contributed by atoms with E-state index in [-0.39, 0.29) is 0 Å². The van der Waals surface area contributed by atoms with Crippen molar-refractivity contribution in [3.05, 3.63) is 29.3 Å². The van der Waals surface area contributed by atoms with E-state index < -0.39 is 0 Å². The molecule has 0 aromatic heterocycles. The predicted molar refractivity (Wildman–Crippen MR) is 79.2 cm³/mol. The summed E-state index contributed by atoms with van der Waals surface area (Å²) in [5.74, 6) is 0.927. The number of aryl methyl sites for hydroxylation is 1. The van der Waals surface area contributed by atoms with Crippen LogP contribution in [0.5, 0.6) is 0 Å². The molecule has 0 bridgehead atoms. The van der Waals surface area contributed by atoms with Crippen LogP contribution in [0.3, 0.4) is 0 Å². The summed E-state index contributed by atoms with van der Waals surface area (Å²) < 4.78 is 0. The summed E-state index contributed by atoms with van der Waals surface area (Å²) >= 11 is 0. The lowest BCUT2D eigenvalue weighted by atomic mass is 9.85. The zero-order chi connectivity index (χ0) is 13.0. The van der Waals surface area contributed by atoms with Crippen LogP contribution >= 0.6 is 0 Å². The van der Waals surface area contributed by atoms with Crippen LogP contribution in [0, 0.1) is 12.8 Å². The fourth-order valence-corrected chi connectivity index (χ4v) is 2.69. The van der Waals surface area contributed by atoms with Gasteiger partial charge in [-0.1, -0.05) is 25.5 Å². The SMILES string of the molecule is CCNCc1ccc(N(C)CC2CCC2)c(C)c1. The van der Waals surface area contributed by atoms with Crippen LogP contribution in [0.1, 0.15) is 37.3 Å². The van der Waals surface area contributed by atoms with E-state index in [1.54, 1.807) is 0 Å². The Morgan fingerprint density at radius 1 is 1.33 bits per heavy atom. The fraction of sp³-hybridized carbons (Fsp3) is 0.625. The van der Waals surface area contributed by atoms with E-state index in [0.717, 1.165) is 19.0 Å². The van der Waals surface area contributed by atoms with E-state index in [9.17, 15) is 0 Å². The third-order valence-electron chi connectivity index (χ3n) is 4.01. The molecule has 2 heteroatoms. The summed E-state index contributed by atoms with van der Waals surface area (Å²) in [4.78, 5) is 2.43. The van der Waals surface area contributed by atoms with E-state index in [1.807, 2.05) is 0 Å².